The van der Waals surface area contributed by atoms with Gasteiger partial charge in [-0.1, -0.05) is 13.8 Å². The van der Waals surface area contributed by atoms with Crippen LogP contribution in [0.5, 0.6) is 0 Å². The molecule has 5 nitrogen and oxygen atoms in total. The smallest absolute Gasteiger partial charge is 0.305 e. The van der Waals surface area contributed by atoms with Crippen LogP contribution in [-0.4, -0.2) is 16.4 Å². The van der Waals surface area contributed by atoms with E-state index in [-0.39, 0.29) is 11.1 Å². The molecule has 0 aliphatic heterocycles. The highest BCUT2D eigenvalue weighted by Crippen LogP contribution is 2.20. The number of nitrogens with one attached hydrogen (secondary N) is 1. The molecule has 0 atom stereocenters. The van der Waals surface area contributed by atoms with E-state index in [1.165, 1.54) is 6.07 Å². The van der Waals surface area contributed by atoms with Gasteiger partial charge in [-0.25, -0.2) is 0 Å². The highest BCUT2D eigenvalue weighted by atomic mass is 19.1. The van der Waals surface area contributed by atoms with E-state index in [1.807, 2.05) is 20.8 Å². The lowest BCUT2D eigenvalue weighted by Crippen LogP contribution is -2.44. The number of nitro groups is 1. The lowest BCUT2D eigenvalue weighted by Gasteiger charge is -2.28. The van der Waals surface area contributed by atoms with Gasteiger partial charge in [0.15, 0.2) is 0 Å². The zero-order chi connectivity index (χ0) is 14.6. The van der Waals surface area contributed by atoms with E-state index in [0.717, 1.165) is 25.0 Å². The van der Waals surface area contributed by atoms with Crippen molar-refractivity contribution < 1.29 is 14.1 Å². The predicted octanol–water partition coefficient (Wildman–Crippen LogP) is 3.04. The molecular weight excluding hydrogens is 251 g/mol. The number of benzene rings is 1. The van der Waals surface area contributed by atoms with Crippen LogP contribution in [0.15, 0.2) is 18.2 Å². The molecule has 19 heavy (non-hydrogen) atoms. The van der Waals surface area contributed by atoms with Gasteiger partial charge in [-0.05, 0) is 31.9 Å². The molecule has 0 aliphatic rings. The van der Waals surface area contributed by atoms with E-state index in [2.05, 4.69) is 5.32 Å². The first-order chi connectivity index (χ1) is 8.83. The Labute approximate surface area is 111 Å². The van der Waals surface area contributed by atoms with Crippen molar-refractivity contribution in [3.05, 3.63) is 39.7 Å². The molecule has 0 unspecified atom stereocenters. The second-order valence-electron chi connectivity index (χ2n) is 4.65. The predicted molar refractivity (Wildman–Crippen MR) is 69.5 cm³/mol. The fraction of sp³-hybridized carbons (Fsp3) is 0.462. The van der Waals surface area contributed by atoms with E-state index in [9.17, 15) is 19.3 Å². The third-order valence-corrected chi connectivity index (χ3v) is 3.38. The van der Waals surface area contributed by atoms with Crippen molar-refractivity contribution in [2.45, 2.75) is 39.2 Å². The van der Waals surface area contributed by atoms with Gasteiger partial charge in [-0.2, -0.15) is 4.39 Å². The summed E-state index contributed by atoms with van der Waals surface area (Å²) in [6.45, 7) is 5.77. The number of amides is 1. The van der Waals surface area contributed by atoms with Gasteiger partial charge in [0, 0.05) is 17.2 Å². The Morgan fingerprint density at radius 1 is 1.42 bits per heavy atom. The number of nitrogens with zero attached hydrogens (tertiary/aromatic N) is 1. The van der Waals surface area contributed by atoms with Crippen LogP contribution in [0.25, 0.3) is 0 Å². The van der Waals surface area contributed by atoms with Crippen LogP contribution in [0.1, 0.15) is 44.0 Å². The van der Waals surface area contributed by atoms with Gasteiger partial charge in [0.2, 0.25) is 5.82 Å². The van der Waals surface area contributed by atoms with Crippen molar-refractivity contribution in [3.8, 4) is 0 Å². The quantitative estimate of drug-likeness (QED) is 0.659. The summed E-state index contributed by atoms with van der Waals surface area (Å²) >= 11 is 0. The monoisotopic (exact) mass is 268 g/mol. The van der Waals surface area contributed by atoms with Gasteiger partial charge in [0.25, 0.3) is 5.91 Å². The molecule has 1 N–H and O–H groups in total. The van der Waals surface area contributed by atoms with E-state index in [1.54, 1.807) is 0 Å². The summed E-state index contributed by atoms with van der Waals surface area (Å²) in [6.07, 6.45) is 1.47. The average Bonchev–Trinajstić information content (AvgIpc) is 2.38. The fourth-order valence-electron chi connectivity index (χ4n) is 1.57. The first kappa shape index (κ1) is 15.1. The molecule has 0 aromatic heterocycles. The van der Waals surface area contributed by atoms with Crippen molar-refractivity contribution >= 4 is 11.6 Å². The van der Waals surface area contributed by atoms with Gasteiger partial charge in [0.05, 0.1) is 4.92 Å². The molecule has 0 saturated carbocycles. The van der Waals surface area contributed by atoms with Gasteiger partial charge >= 0.3 is 5.69 Å². The van der Waals surface area contributed by atoms with Gasteiger partial charge < -0.3 is 5.32 Å². The minimum Gasteiger partial charge on any atom is -0.347 e. The molecule has 0 bridgehead atoms. The van der Waals surface area contributed by atoms with Crippen molar-refractivity contribution in [2.24, 2.45) is 0 Å². The van der Waals surface area contributed by atoms with Crippen molar-refractivity contribution in [2.75, 3.05) is 0 Å². The topological polar surface area (TPSA) is 72.2 Å². The summed E-state index contributed by atoms with van der Waals surface area (Å²) in [5, 5.41) is 13.4. The normalized spacial score (nSPS) is 11.2. The molecule has 6 heteroatoms. The molecule has 0 fully saturated rings. The molecule has 1 aromatic rings. The Morgan fingerprint density at radius 2 is 2.00 bits per heavy atom. The van der Waals surface area contributed by atoms with Crippen LogP contribution in [0.2, 0.25) is 0 Å². The van der Waals surface area contributed by atoms with Gasteiger partial charge in [-0.3, -0.25) is 14.9 Å². The van der Waals surface area contributed by atoms with Crippen LogP contribution in [0.3, 0.4) is 0 Å². The molecule has 0 heterocycles. The highest BCUT2D eigenvalue weighted by Gasteiger charge is 2.24. The zero-order valence-corrected chi connectivity index (χ0v) is 11.2. The first-order valence-electron chi connectivity index (χ1n) is 6.09. The van der Waals surface area contributed by atoms with E-state index in [4.69, 9.17) is 0 Å². The van der Waals surface area contributed by atoms with E-state index in [0.29, 0.717) is 0 Å². The molecule has 0 saturated heterocycles. The first-order valence-corrected chi connectivity index (χ1v) is 6.09. The number of rotatable bonds is 5. The SMILES string of the molecule is CCC(C)(CC)NC(=O)c1ccc(F)c([N+](=O)[O-])c1. The molecule has 104 valence electrons. The Kier molecular flexibility index (Phi) is 4.58. The number of carbonyl (C=O) groups excluding carboxylic acids is 1. The Balaban J connectivity index is 3.01. The highest BCUT2D eigenvalue weighted by molar-refractivity contribution is 5.95. The minimum atomic E-state index is -0.949. The fourth-order valence-corrected chi connectivity index (χ4v) is 1.57. The third kappa shape index (κ3) is 3.49. The van der Waals surface area contributed by atoms with Crippen LogP contribution in [-0.2, 0) is 0 Å². The van der Waals surface area contributed by atoms with Crippen LogP contribution < -0.4 is 5.32 Å². The van der Waals surface area contributed by atoms with Crippen molar-refractivity contribution in [1.29, 1.82) is 0 Å². The van der Waals surface area contributed by atoms with E-state index >= 15 is 0 Å². The van der Waals surface area contributed by atoms with Crippen molar-refractivity contribution in [3.63, 3.8) is 0 Å². The Hall–Kier alpha value is -1.98. The average molecular weight is 268 g/mol. The summed E-state index contributed by atoms with van der Waals surface area (Å²) < 4.78 is 13.2. The van der Waals surface area contributed by atoms with E-state index < -0.39 is 22.3 Å². The maximum Gasteiger partial charge on any atom is 0.305 e. The summed E-state index contributed by atoms with van der Waals surface area (Å²) in [6, 6.07) is 3.13. The number of hydrogen-bond acceptors (Lipinski definition) is 3. The van der Waals surface area contributed by atoms with Crippen LogP contribution >= 0.6 is 0 Å². The Morgan fingerprint density at radius 3 is 2.47 bits per heavy atom. The summed E-state index contributed by atoms with van der Waals surface area (Å²) in [5.41, 5.74) is -0.983. The molecule has 0 spiro atoms. The zero-order valence-electron chi connectivity index (χ0n) is 11.2. The molecule has 1 amide bonds. The minimum absolute atomic E-state index is 0.0845. The third-order valence-electron chi connectivity index (χ3n) is 3.38. The summed E-state index contributed by atoms with van der Waals surface area (Å²) in [4.78, 5) is 21.8. The molecule has 1 rings (SSSR count). The van der Waals surface area contributed by atoms with Crippen LogP contribution in [0.4, 0.5) is 10.1 Å². The van der Waals surface area contributed by atoms with Gasteiger partial charge in [0.1, 0.15) is 0 Å². The lowest BCUT2D eigenvalue weighted by atomic mass is 9.95. The number of carbonyl (C=O) groups is 1. The standard InChI is InChI=1S/C13H17FN2O3/c1-4-13(3,5-2)15-12(17)9-6-7-10(14)11(8-9)16(18)19/h6-8H,4-5H2,1-3H3,(H,15,17). The number of halogens is 1. The lowest BCUT2D eigenvalue weighted by molar-refractivity contribution is -0.387. The molecular formula is C13H17FN2O3. The maximum atomic E-state index is 13.2. The summed E-state index contributed by atoms with van der Waals surface area (Å²) in [7, 11) is 0. The summed E-state index contributed by atoms with van der Waals surface area (Å²) in [5.74, 6) is -1.38. The van der Waals surface area contributed by atoms with Gasteiger partial charge in [-0.15, -0.1) is 0 Å². The van der Waals surface area contributed by atoms with Crippen LogP contribution in [0, 0.1) is 15.9 Å². The number of hydrogen-bond donors (Lipinski definition) is 1. The maximum absolute atomic E-state index is 13.2. The second-order valence-corrected chi connectivity index (χ2v) is 4.65. The Bertz CT molecular complexity index is 499. The molecule has 0 radical (unpaired) electrons. The number of nitro benzene ring substituents is 1. The molecule has 1 aromatic carbocycles. The largest absolute Gasteiger partial charge is 0.347 e. The van der Waals surface area contributed by atoms with Crippen molar-refractivity contribution in [1.82, 2.24) is 5.32 Å². The second kappa shape index (κ2) is 5.77. The molecule has 0 aliphatic carbocycles.